The molecule has 0 nitrogen and oxygen atoms in total. The third-order valence-corrected chi connectivity index (χ3v) is 6.02. The van der Waals surface area contributed by atoms with Gasteiger partial charge in [0.25, 0.3) is 0 Å². The van der Waals surface area contributed by atoms with Crippen molar-refractivity contribution in [3.63, 3.8) is 0 Å². The summed E-state index contributed by atoms with van der Waals surface area (Å²) in [6.07, 6.45) is 8.82. The molecule has 0 aliphatic heterocycles. The molecule has 0 amide bonds. The maximum absolute atomic E-state index is 3.73. The molecule has 0 spiro atoms. The van der Waals surface area contributed by atoms with Crippen LogP contribution in [0.2, 0.25) is 0 Å². The van der Waals surface area contributed by atoms with E-state index in [1.165, 1.54) is 37.7 Å². The van der Waals surface area contributed by atoms with E-state index in [1.807, 2.05) is 0 Å². The Morgan fingerprint density at radius 3 is 2.56 bits per heavy atom. The molecule has 4 atom stereocenters. The van der Waals surface area contributed by atoms with E-state index in [2.05, 4.69) is 46.3 Å². The van der Waals surface area contributed by atoms with Crippen LogP contribution >= 0.6 is 15.9 Å². The van der Waals surface area contributed by atoms with Gasteiger partial charge in [0.2, 0.25) is 0 Å². The lowest BCUT2D eigenvalue weighted by atomic mass is 9.81. The Balaban J connectivity index is 1.56. The van der Waals surface area contributed by atoms with Gasteiger partial charge in [0.15, 0.2) is 0 Å². The highest BCUT2D eigenvalue weighted by Crippen LogP contribution is 2.50. The van der Waals surface area contributed by atoms with Crippen LogP contribution in [0, 0.1) is 23.7 Å². The van der Waals surface area contributed by atoms with E-state index < -0.39 is 0 Å². The van der Waals surface area contributed by atoms with E-state index in [9.17, 15) is 0 Å². The predicted octanol–water partition coefficient (Wildman–Crippen LogP) is 5.07. The molecule has 98 valence electrons. The highest BCUT2D eigenvalue weighted by Gasteiger charge is 2.39. The number of hydrogen-bond donors (Lipinski definition) is 0. The lowest BCUT2D eigenvalue weighted by Gasteiger charge is -2.25. The Bertz CT molecular complexity index is 372. The topological polar surface area (TPSA) is 0 Å². The van der Waals surface area contributed by atoms with Gasteiger partial charge >= 0.3 is 0 Å². The number of halogens is 1. The molecule has 2 saturated carbocycles. The van der Waals surface area contributed by atoms with Gasteiger partial charge in [0.05, 0.1) is 0 Å². The normalized spacial score (nSPS) is 31.7. The second kappa shape index (κ2) is 5.77. The molecule has 2 fully saturated rings. The van der Waals surface area contributed by atoms with Crippen molar-refractivity contribution < 1.29 is 0 Å². The van der Waals surface area contributed by atoms with E-state index >= 15 is 0 Å². The van der Waals surface area contributed by atoms with Crippen LogP contribution in [0.4, 0.5) is 0 Å². The molecule has 0 heterocycles. The van der Waals surface area contributed by atoms with Crippen LogP contribution in [0.5, 0.6) is 0 Å². The third kappa shape index (κ3) is 2.82. The SMILES string of the molecule is BrCC(Cc1ccccc1)CC1CC2CCC1C2. The van der Waals surface area contributed by atoms with Gasteiger partial charge in [-0.25, -0.2) is 0 Å². The van der Waals surface area contributed by atoms with E-state index in [0.29, 0.717) is 0 Å². The molecule has 2 aliphatic carbocycles. The highest BCUT2D eigenvalue weighted by atomic mass is 79.9. The van der Waals surface area contributed by atoms with Crippen molar-refractivity contribution >= 4 is 15.9 Å². The summed E-state index contributed by atoms with van der Waals surface area (Å²) < 4.78 is 0. The number of benzene rings is 1. The average molecular weight is 307 g/mol. The monoisotopic (exact) mass is 306 g/mol. The summed E-state index contributed by atoms with van der Waals surface area (Å²) in [5.74, 6) is 4.03. The van der Waals surface area contributed by atoms with E-state index in [1.54, 1.807) is 6.42 Å². The zero-order valence-electron chi connectivity index (χ0n) is 11.0. The minimum atomic E-state index is 0.830. The fourth-order valence-electron chi connectivity index (χ4n) is 4.24. The summed E-state index contributed by atoms with van der Waals surface area (Å²) in [4.78, 5) is 0. The minimum Gasteiger partial charge on any atom is -0.0925 e. The molecule has 3 rings (SSSR count). The molecule has 1 aromatic carbocycles. The molecule has 18 heavy (non-hydrogen) atoms. The number of alkyl halides is 1. The van der Waals surface area contributed by atoms with Gasteiger partial charge in [-0.2, -0.15) is 0 Å². The van der Waals surface area contributed by atoms with Gasteiger partial charge in [-0.1, -0.05) is 52.7 Å². The van der Waals surface area contributed by atoms with Crippen molar-refractivity contribution in [2.75, 3.05) is 5.33 Å². The number of hydrogen-bond acceptors (Lipinski definition) is 0. The summed E-state index contributed by atoms with van der Waals surface area (Å²) in [6.45, 7) is 0. The van der Waals surface area contributed by atoms with E-state index in [0.717, 1.165) is 29.0 Å². The Hall–Kier alpha value is -0.300. The molecule has 2 bridgehead atoms. The van der Waals surface area contributed by atoms with Crippen LogP contribution < -0.4 is 0 Å². The van der Waals surface area contributed by atoms with Gasteiger partial charge in [-0.05, 0) is 61.3 Å². The summed E-state index contributed by atoms with van der Waals surface area (Å²) in [6, 6.07) is 11.0. The van der Waals surface area contributed by atoms with Crippen molar-refractivity contribution in [1.29, 1.82) is 0 Å². The van der Waals surface area contributed by atoms with Crippen LogP contribution in [-0.2, 0) is 6.42 Å². The van der Waals surface area contributed by atoms with Gasteiger partial charge in [-0.3, -0.25) is 0 Å². The van der Waals surface area contributed by atoms with Crippen molar-refractivity contribution in [1.82, 2.24) is 0 Å². The molecule has 0 radical (unpaired) electrons. The van der Waals surface area contributed by atoms with Gasteiger partial charge < -0.3 is 0 Å². The van der Waals surface area contributed by atoms with Gasteiger partial charge in [0, 0.05) is 5.33 Å². The summed E-state index contributed by atoms with van der Waals surface area (Å²) in [7, 11) is 0. The number of fused-ring (bicyclic) bond motifs is 2. The minimum absolute atomic E-state index is 0.830. The number of rotatable bonds is 5. The highest BCUT2D eigenvalue weighted by molar-refractivity contribution is 9.09. The maximum atomic E-state index is 3.73. The van der Waals surface area contributed by atoms with E-state index in [-0.39, 0.29) is 0 Å². The first kappa shape index (κ1) is 12.7. The zero-order chi connectivity index (χ0) is 12.4. The summed E-state index contributed by atoms with van der Waals surface area (Å²) in [5.41, 5.74) is 1.50. The molecule has 0 aromatic heterocycles. The molecule has 1 aromatic rings. The second-order valence-electron chi connectivity index (χ2n) is 6.38. The Kier molecular flexibility index (Phi) is 4.08. The lowest BCUT2D eigenvalue weighted by molar-refractivity contribution is 0.277. The van der Waals surface area contributed by atoms with Crippen LogP contribution in [0.3, 0.4) is 0 Å². The standard InChI is InChI=1S/C17H23Br/c18-12-15(8-13-4-2-1-3-5-13)11-17-10-14-6-7-16(17)9-14/h1-5,14-17H,6-12H2. The Morgan fingerprint density at radius 2 is 1.94 bits per heavy atom. The zero-order valence-corrected chi connectivity index (χ0v) is 12.6. The van der Waals surface area contributed by atoms with Gasteiger partial charge in [0.1, 0.15) is 0 Å². The molecule has 1 heteroatoms. The van der Waals surface area contributed by atoms with E-state index in [4.69, 9.17) is 0 Å². The summed E-state index contributed by atoms with van der Waals surface area (Å²) >= 11 is 3.73. The van der Waals surface area contributed by atoms with Crippen LogP contribution in [0.25, 0.3) is 0 Å². The van der Waals surface area contributed by atoms with Crippen LogP contribution in [-0.4, -0.2) is 5.33 Å². The fraction of sp³-hybridized carbons (Fsp3) is 0.647. The van der Waals surface area contributed by atoms with Crippen molar-refractivity contribution in [3.8, 4) is 0 Å². The van der Waals surface area contributed by atoms with Gasteiger partial charge in [-0.15, -0.1) is 0 Å². The molecule has 0 N–H and O–H groups in total. The second-order valence-corrected chi connectivity index (χ2v) is 7.03. The predicted molar refractivity (Wildman–Crippen MR) is 81.0 cm³/mol. The van der Waals surface area contributed by atoms with Crippen LogP contribution in [0.15, 0.2) is 30.3 Å². The first-order valence-corrected chi connectivity index (χ1v) is 8.57. The molecule has 2 aliphatic rings. The largest absolute Gasteiger partial charge is 0.0925 e. The lowest BCUT2D eigenvalue weighted by Crippen LogP contribution is -2.17. The van der Waals surface area contributed by atoms with Crippen molar-refractivity contribution in [3.05, 3.63) is 35.9 Å². The molecule has 4 unspecified atom stereocenters. The summed E-state index contributed by atoms with van der Waals surface area (Å²) in [5, 5.41) is 1.16. The quantitative estimate of drug-likeness (QED) is 0.667. The smallest absolute Gasteiger partial charge is 0.00629 e. The molecule has 0 saturated heterocycles. The first-order chi connectivity index (χ1) is 8.85. The van der Waals surface area contributed by atoms with Crippen molar-refractivity contribution in [2.45, 2.75) is 38.5 Å². The molecular weight excluding hydrogens is 284 g/mol. The van der Waals surface area contributed by atoms with Crippen LogP contribution in [0.1, 0.15) is 37.7 Å². The fourth-order valence-corrected chi connectivity index (χ4v) is 4.73. The third-order valence-electron chi connectivity index (χ3n) is 5.11. The Morgan fingerprint density at radius 1 is 1.11 bits per heavy atom. The maximum Gasteiger partial charge on any atom is 0.00629 e. The molecular formula is C17H23Br. The average Bonchev–Trinajstić information content (AvgIpc) is 3.01. The first-order valence-electron chi connectivity index (χ1n) is 7.45. The Labute approximate surface area is 119 Å². The van der Waals surface area contributed by atoms with Crippen molar-refractivity contribution in [2.24, 2.45) is 23.7 Å².